The first-order valence-corrected chi connectivity index (χ1v) is 7.16. The first-order valence-electron chi connectivity index (χ1n) is 7.16. The number of urea groups is 1. The van der Waals surface area contributed by atoms with E-state index in [-0.39, 0.29) is 6.04 Å². The van der Waals surface area contributed by atoms with Crippen LogP contribution < -0.4 is 16.4 Å². The van der Waals surface area contributed by atoms with Crippen LogP contribution in [0.4, 0.5) is 10.5 Å². The Balaban J connectivity index is 1.82. The molecule has 110 valence electrons. The zero-order valence-electron chi connectivity index (χ0n) is 11.9. The summed E-state index contributed by atoms with van der Waals surface area (Å²) in [7, 11) is 0. The number of nitrogens with two attached hydrogens (primary N) is 1. The number of amides is 2. The van der Waals surface area contributed by atoms with Crippen molar-refractivity contribution < 1.29 is 9.53 Å². The van der Waals surface area contributed by atoms with Crippen molar-refractivity contribution >= 4 is 11.7 Å². The molecule has 20 heavy (non-hydrogen) atoms. The van der Waals surface area contributed by atoms with Gasteiger partial charge >= 0.3 is 6.03 Å². The van der Waals surface area contributed by atoms with E-state index in [1.54, 1.807) is 0 Å². The number of carbonyl (C=O) groups excluding carboxylic acids is 1. The maximum Gasteiger partial charge on any atom is 0.316 e. The summed E-state index contributed by atoms with van der Waals surface area (Å²) < 4.78 is 5.70. The van der Waals surface area contributed by atoms with Crippen molar-refractivity contribution in [3.63, 3.8) is 0 Å². The van der Waals surface area contributed by atoms with Crippen LogP contribution in [0, 0.1) is 0 Å². The maximum atomic E-state index is 10.7. The molecule has 2 atom stereocenters. The van der Waals surface area contributed by atoms with Gasteiger partial charge in [0.1, 0.15) is 0 Å². The van der Waals surface area contributed by atoms with Crippen molar-refractivity contribution in [3.8, 4) is 0 Å². The monoisotopic (exact) mass is 277 g/mol. The highest BCUT2D eigenvalue weighted by Gasteiger charge is 2.15. The molecule has 0 aromatic heterocycles. The van der Waals surface area contributed by atoms with Gasteiger partial charge in [0.15, 0.2) is 0 Å². The van der Waals surface area contributed by atoms with E-state index in [1.807, 2.05) is 24.3 Å². The fourth-order valence-electron chi connectivity index (χ4n) is 2.39. The second kappa shape index (κ2) is 7.26. The van der Waals surface area contributed by atoms with E-state index >= 15 is 0 Å². The van der Waals surface area contributed by atoms with E-state index in [1.165, 1.54) is 18.4 Å². The number of ether oxygens (including phenoxy) is 1. The molecule has 1 saturated heterocycles. The number of carbonyl (C=O) groups is 1. The van der Waals surface area contributed by atoms with E-state index < -0.39 is 6.03 Å². The van der Waals surface area contributed by atoms with Crippen molar-refractivity contribution in [2.45, 2.75) is 38.3 Å². The van der Waals surface area contributed by atoms with Crippen LogP contribution in [0.15, 0.2) is 24.3 Å². The van der Waals surface area contributed by atoms with Gasteiger partial charge in [-0.2, -0.15) is 0 Å². The minimum Gasteiger partial charge on any atom is -0.377 e. The number of anilines is 1. The largest absolute Gasteiger partial charge is 0.377 e. The molecule has 0 bridgehead atoms. The second-order valence-electron chi connectivity index (χ2n) is 5.23. The highest BCUT2D eigenvalue weighted by molar-refractivity contribution is 5.87. The topological polar surface area (TPSA) is 76.4 Å². The number of nitrogens with one attached hydrogen (secondary N) is 2. The third kappa shape index (κ3) is 4.51. The van der Waals surface area contributed by atoms with Gasteiger partial charge in [-0.3, -0.25) is 0 Å². The minimum atomic E-state index is -0.543. The van der Waals surface area contributed by atoms with Gasteiger partial charge in [0, 0.05) is 24.9 Å². The summed E-state index contributed by atoms with van der Waals surface area (Å²) in [6, 6.07) is 7.40. The molecule has 5 heteroatoms. The lowest BCUT2D eigenvalue weighted by atomic mass is 10.1. The van der Waals surface area contributed by atoms with E-state index in [4.69, 9.17) is 10.5 Å². The van der Waals surface area contributed by atoms with Crippen LogP contribution in [-0.4, -0.2) is 25.3 Å². The van der Waals surface area contributed by atoms with Crippen molar-refractivity contribution in [1.29, 1.82) is 0 Å². The van der Waals surface area contributed by atoms with E-state index in [9.17, 15) is 4.79 Å². The molecule has 1 heterocycles. The lowest BCUT2D eigenvalue weighted by Crippen LogP contribution is -2.33. The third-order valence-corrected chi connectivity index (χ3v) is 3.60. The van der Waals surface area contributed by atoms with Crippen molar-refractivity contribution in [1.82, 2.24) is 5.32 Å². The fraction of sp³-hybridized carbons (Fsp3) is 0.533. The van der Waals surface area contributed by atoms with Gasteiger partial charge in [0.05, 0.1) is 6.10 Å². The Morgan fingerprint density at radius 2 is 2.15 bits per heavy atom. The number of benzene rings is 1. The third-order valence-electron chi connectivity index (χ3n) is 3.60. The highest BCUT2D eigenvalue weighted by Crippen LogP contribution is 2.17. The molecule has 2 unspecified atom stereocenters. The molecule has 1 aliphatic rings. The Kier molecular flexibility index (Phi) is 5.38. The van der Waals surface area contributed by atoms with Crippen LogP contribution in [0.3, 0.4) is 0 Å². The predicted octanol–water partition coefficient (Wildman–Crippen LogP) is 2.40. The maximum absolute atomic E-state index is 10.7. The fourth-order valence-corrected chi connectivity index (χ4v) is 2.39. The molecule has 1 aliphatic heterocycles. The molecule has 2 rings (SSSR count). The van der Waals surface area contributed by atoms with Crippen LogP contribution in [-0.2, 0) is 4.74 Å². The standard InChI is InChI=1S/C15H23N3O2/c1-11(17-10-14-4-2-3-9-20-14)12-5-7-13(8-6-12)18-15(16)19/h5-8,11,14,17H,2-4,9-10H2,1H3,(H3,16,18,19). The SMILES string of the molecule is CC(NCC1CCCCO1)c1ccc(NC(N)=O)cc1. The number of hydrogen-bond donors (Lipinski definition) is 3. The van der Waals surface area contributed by atoms with Crippen LogP contribution in [0.5, 0.6) is 0 Å². The van der Waals surface area contributed by atoms with Crippen molar-refractivity contribution in [3.05, 3.63) is 29.8 Å². The molecule has 0 radical (unpaired) electrons. The van der Waals surface area contributed by atoms with Gasteiger partial charge in [-0.15, -0.1) is 0 Å². The Morgan fingerprint density at radius 3 is 2.75 bits per heavy atom. The minimum absolute atomic E-state index is 0.253. The van der Waals surface area contributed by atoms with Crippen LogP contribution in [0.1, 0.15) is 37.8 Å². The molecule has 5 nitrogen and oxygen atoms in total. The van der Waals surface area contributed by atoms with Gasteiger partial charge in [0.2, 0.25) is 0 Å². The van der Waals surface area contributed by atoms with Crippen LogP contribution >= 0.6 is 0 Å². The van der Waals surface area contributed by atoms with E-state index in [2.05, 4.69) is 17.6 Å². The summed E-state index contributed by atoms with van der Waals surface area (Å²) in [4.78, 5) is 10.7. The zero-order chi connectivity index (χ0) is 14.4. The average Bonchev–Trinajstić information content (AvgIpc) is 2.46. The van der Waals surface area contributed by atoms with Gasteiger partial charge < -0.3 is 21.1 Å². The molecule has 0 spiro atoms. The molecule has 1 aromatic carbocycles. The first-order chi connectivity index (χ1) is 9.65. The van der Waals surface area contributed by atoms with Gasteiger partial charge in [-0.25, -0.2) is 4.79 Å². The number of rotatable bonds is 5. The molecular weight excluding hydrogens is 254 g/mol. The lowest BCUT2D eigenvalue weighted by molar-refractivity contribution is 0.0156. The first kappa shape index (κ1) is 14.8. The Hall–Kier alpha value is -1.59. The van der Waals surface area contributed by atoms with E-state index in [0.29, 0.717) is 11.8 Å². The predicted molar refractivity (Wildman–Crippen MR) is 79.7 cm³/mol. The Labute approximate surface area is 119 Å². The molecule has 1 fully saturated rings. The summed E-state index contributed by atoms with van der Waals surface area (Å²) in [6.07, 6.45) is 3.91. The normalized spacial score (nSPS) is 20.4. The Bertz CT molecular complexity index is 427. The quantitative estimate of drug-likeness (QED) is 0.773. The zero-order valence-corrected chi connectivity index (χ0v) is 11.9. The summed E-state index contributed by atoms with van der Waals surface area (Å²) >= 11 is 0. The average molecular weight is 277 g/mol. The number of hydrogen-bond acceptors (Lipinski definition) is 3. The second-order valence-corrected chi connectivity index (χ2v) is 5.23. The van der Waals surface area contributed by atoms with Crippen LogP contribution in [0.25, 0.3) is 0 Å². The van der Waals surface area contributed by atoms with Crippen molar-refractivity contribution in [2.24, 2.45) is 5.73 Å². The smallest absolute Gasteiger partial charge is 0.316 e. The Morgan fingerprint density at radius 1 is 1.40 bits per heavy atom. The van der Waals surface area contributed by atoms with Gasteiger partial charge in [-0.05, 0) is 43.9 Å². The molecule has 0 saturated carbocycles. The molecular formula is C15H23N3O2. The molecule has 1 aromatic rings. The summed E-state index contributed by atoms with van der Waals surface area (Å²) in [5.74, 6) is 0. The van der Waals surface area contributed by atoms with Gasteiger partial charge in [0.25, 0.3) is 0 Å². The molecule has 0 aliphatic carbocycles. The van der Waals surface area contributed by atoms with Crippen molar-refractivity contribution in [2.75, 3.05) is 18.5 Å². The molecule has 2 amide bonds. The summed E-state index contributed by atoms with van der Waals surface area (Å²) in [5.41, 5.74) is 6.97. The van der Waals surface area contributed by atoms with Crippen LogP contribution in [0.2, 0.25) is 0 Å². The van der Waals surface area contributed by atoms with Gasteiger partial charge in [-0.1, -0.05) is 12.1 Å². The summed E-state index contributed by atoms with van der Waals surface area (Å²) in [5, 5.41) is 6.04. The number of primary amides is 1. The van der Waals surface area contributed by atoms with E-state index in [0.717, 1.165) is 19.6 Å². The summed E-state index contributed by atoms with van der Waals surface area (Å²) in [6.45, 7) is 3.88. The highest BCUT2D eigenvalue weighted by atomic mass is 16.5. The molecule has 4 N–H and O–H groups in total. The lowest BCUT2D eigenvalue weighted by Gasteiger charge is -2.25.